The molecular weight excluding hydrogens is 398 g/mol. The lowest BCUT2D eigenvalue weighted by molar-refractivity contribution is 0.0250. The van der Waals surface area contributed by atoms with Gasteiger partial charge in [0.25, 0.3) is 0 Å². The van der Waals surface area contributed by atoms with Crippen molar-refractivity contribution >= 4 is 11.6 Å². The number of H-pyrrole nitrogens is 1. The molecule has 4 heterocycles. The van der Waals surface area contributed by atoms with Gasteiger partial charge in [0, 0.05) is 53.2 Å². The Hall–Kier alpha value is -2.28. The second-order valence-electron chi connectivity index (χ2n) is 8.12. The summed E-state index contributed by atoms with van der Waals surface area (Å²) in [7, 11) is 0. The maximum absolute atomic E-state index is 6.10. The molecule has 0 aliphatic carbocycles. The van der Waals surface area contributed by atoms with Crippen LogP contribution in [0, 0.1) is 0 Å². The average Bonchev–Trinajstić information content (AvgIpc) is 3.26. The quantitative estimate of drug-likeness (QED) is 0.667. The normalized spacial score (nSPS) is 19.2. The first kappa shape index (κ1) is 19.7. The third kappa shape index (κ3) is 4.00. The number of likely N-dealkylation sites (tertiary alicyclic amines) is 1. The Kier molecular flexibility index (Phi) is 5.79. The van der Waals surface area contributed by atoms with E-state index >= 15 is 0 Å². The second-order valence-corrected chi connectivity index (χ2v) is 8.55. The van der Waals surface area contributed by atoms with Crippen LogP contribution in [0.2, 0.25) is 5.02 Å². The molecule has 6 nitrogen and oxygen atoms in total. The van der Waals surface area contributed by atoms with Crippen LogP contribution in [0.4, 0.5) is 0 Å². The van der Waals surface area contributed by atoms with E-state index in [9.17, 15) is 0 Å². The lowest BCUT2D eigenvalue weighted by Crippen LogP contribution is -2.43. The number of benzene rings is 1. The number of hydrogen-bond acceptors (Lipinski definition) is 5. The summed E-state index contributed by atoms with van der Waals surface area (Å²) in [6, 6.07) is 10.5. The number of nitrogens with one attached hydrogen (secondary N) is 1. The first-order valence-corrected chi connectivity index (χ1v) is 11.1. The molecule has 2 aliphatic rings. The van der Waals surface area contributed by atoms with Crippen molar-refractivity contribution in [3.63, 3.8) is 0 Å². The zero-order valence-corrected chi connectivity index (χ0v) is 17.7. The first-order chi connectivity index (χ1) is 14.8. The smallest absolute Gasteiger partial charge is 0.116 e. The second kappa shape index (κ2) is 8.84. The fourth-order valence-corrected chi connectivity index (χ4v) is 4.89. The fraction of sp³-hybridized carbons (Fsp3) is 0.435. The largest absolute Gasteiger partial charge is 0.381 e. The molecule has 2 aromatic heterocycles. The standard InChI is InChI=1S/C23H26ClN5O/c24-18-3-1-16(2-4-18)22-21(20-5-10-25-15-26-20)23(28-27-22)17-6-11-29(12-7-17)19-8-13-30-14-9-19/h1-5,10,15,17,19H,6-9,11-14H2,(H,27,28). The van der Waals surface area contributed by atoms with E-state index in [0.29, 0.717) is 12.0 Å². The van der Waals surface area contributed by atoms with Crippen molar-refractivity contribution in [3.8, 4) is 22.5 Å². The van der Waals surface area contributed by atoms with E-state index in [1.54, 1.807) is 12.5 Å². The molecular formula is C23H26ClN5O. The molecule has 1 N–H and O–H groups in total. The van der Waals surface area contributed by atoms with Crippen LogP contribution in [0.3, 0.4) is 0 Å². The highest BCUT2D eigenvalue weighted by atomic mass is 35.5. The van der Waals surface area contributed by atoms with Gasteiger partial charge in [-0.1, -0.05) is 23.7 Å². The Labute approximate surface area is 181 Å². The van der Waals surface area contributed by atoms with Crippen LogP contribution in [-0.2, 0) is 4.74 Å². The molecule has 5 rings (SSSR count). The number of nitrogens with zero attached hydrogens (tertiary/aromatic N) is 4. The summed E-state index contributed by atoms with van der Waals surface area (Å²) in [6.07, 6.45) is 7.95. The van der Waals surface area contributed by atoms with Gasteiger partial charge in [-0.05, 0) is 57.0 Å². The third-order valence-electron chi connectivity index (χ3n) is 6.40. The summed E-state index contributed by atoms with van der Waals surface area (Å²) in [5, 5.41) is 8.81. The minimum atomic E-state index is 0.444. The van der Waals surface area contributed by atoms with E-state index in [1.165, 1.54) is 5.69 Å². The first-order valence-electron chi connectivity index (χ1n) is 10.7. The van der Waals surface area contributed by atoms with Crippen molar-refractivity contribution in [3.05, 3.63) is 53.6 Å². The molecule has 0 saturated carbocycles. The third-order valence-corrected chi connectivity index (χ3v) is 6.65. The van der Waals surface area contributed by atoms with E-state index in [0.717, 1.165) is 79.5 Å². The van der Waals surface area contributed by atoms with Crippen molar-refractivity contribution in [1.29, 1.82) is 0 Å². The van der Waals surface area contributed by atoms with Crippen LogP contribution in [0.15, 0.2) is 42.9 Å². The van der Waals surface area contributed by atoms with Crippen LogP contribution >= 0.6 is 11.6 Å². The summed E-state index contributed by atoms with van der Waals surface area (Å²) >= 11 is 6.10. The highest BCUT2D eigenvalue weighted by Crippen LogP contribution is 2.39. The number of halogens is 1. The van der Waals surface area contributed by atoms with Crippen LogP contribution in [0.5, 0.6) is 0 Å². The average molecular weight is 424 g/mol. The molecule has 0 bridgehead atoms. The lowest BCUT2D eigenvalue weighted by atomic mass is 9.88. The van der Waals surface area contributed by atoms with Crippen LogP contribution in [0.25, 0.3) is 22.5 Å². The highest BCUT2D eigenvalue weighted by Gasteiger charge is 2.30. The molecule has 2 fully saturated rings. The predicted molar refractivity (Wildman–Crippen MR) is 117 cm³/mol. The Morgan fingerprint density at radius 1 is 1.00 bits per heavy atom. The number of hydrogen-bond donors (Lipinski definition) is 1. The molecule has 1 aromatic carbocycles. The predicted octanol–water partition coefficient (Wildman–Crippen LogP) is 4.55. The SMILES string of the molecule is Clc1ccc(-c2n[nH]c(C3CCN(C4CCOCC4)CC3)c2-c2ccncn2)cc1. The van der Waals surface area contributed by atoms with Crippen molar-refractivity contribution < 1.29 is 4.74 Å². The van der Waals surface area contributed by atoms with Crippen molar-refractivity contribution in [1.82, 2.24) is 25.1 Å². The molecule has 3 aromatic rings. The Morgan fingerprint density at radius 3 is 2.47 bits per heavy atom. The topological polar surface area (TPSA) is 66.9 Å². The molecule has 0 spiro atoms. The van der Waals surface area contributed by atoms with Gasteiger partial charge in [-0.25, -0.2) is 9.97 Å². The van der Waals surface area contributed by atoms with Gasteiger partial charge in [-0.15, -0.1) is 0 Å². The van der Waals surface area contributed by atoms with Crippen LogP contribution in [0.1, 0.15) is 37.3 Å². The number of aromatic nitrogens is 4. The van der Waals surface area contributed by atoms with Gasteiger partial charge in [0.05, 0.1) is 5.69 Å². The Morgan fingerprint density at radius 2 is 1.77 bits per heavy atom. The summed E-state index contributed by atoms with van der Waals surface area (Å²) in [4.78, 5) is 11.3. The monoisotopic (exact) mass is 423 g/mol. The molecule has 0 amide bonds. The fourth-order valence-electron chi connectivity index (χ4n) is 4.77. The zero-order valence-electron chi connectivity index (χ0n) is 16.9. The molecule has 7 heteroatoms. The molecule has 30 heavy (non-hydrogen) atoms. The molecule has 0 atom stereocenters. The van der Waals surface area contributed by atoms with Gasteiger partial charge in [0.1, 0.15) is 12.0 Å². The minimum absolute atomic E-state index is 0.444. The zero-order chi connectivity index (χ0) is 20.3. The van der Waals surface area contributed by atoms with Crippen molar-refractivity contribution in [2.75, 3.05) is 26.3 Å². The molecule has 156 valence electrons. The van der Waals surface area contributed by atoms with Crippen LogP contribution < -0.4 is 0 Å². The summed E-state index contributed by atoms with van der Waals surface area (Å²) < 4.78 is 5.54. The Balaban J connectivity index is 1.43. The summed E-state index contributed by atoms with van der Waals surface area (Å²) in [5.74, 6) is 0.444. The molecule has 0 unspecified atom stereocenters. The maximum atomic E-state index is 6.10. The summed E-state index contributed by atoms with van der Waals surface area (Å²) in [5.41, 5.74) is 5.14. The van der Waals surface area contributed by atoms with E-state index < -0.39 is 0 Å². The van der Waals surface area contributed by atoms with Gasteiger partial charge < -0.3 is 9.64 Å². The van der Waals surface area contributed by atoms with Gasteiger partial charge in [-0.2, -0.15) is 5.10 Å². The number of piperidine rings is 1. The van der Waals surface area contributed by atoms with E-state index in [-0.39, 0.29) is 0 Å². The van der Waals surface area contributed by atoms with E-state index in [1.807, 2.05) is 30.3 Å². The number of aromatic amines is 1. The molecule has 2 saturated heterocycles. The maximum Gasteiger partial charge on any atom is 0.116 e. The van der Waals surface area contributed by atoms with Gasteiger partial charge in [0.15, 0.2) is 0 Å². The lowest BCUT2D eigenvalue weighted by Gasteiger charge is -2.39. The van der Waals surface area contributed by atoms with Crippen molar-refractivity contribution in [2.45, 2.75) is 37.6 Å². The number of ether oxygens (including phenoxy) is 1. The van der Waals surface area contributed by atoms with Crippen LogP contribution in [-0.4, -0.2) is 57.4 Å². The minimum Gasteiger partial charge on any atom is -0.381 e. The van der Waals surface area contributed by atoms with Crippen molar-refractivity contribution in [2.24, 2.45) is 0 Å². The van der Waals surface area contributed by atoms with E-state index in [2.05, 4.69) is 20.0 Å². The highest BCUT2D eigenvalue weighted by molar-refractivity contribution is 6.30. The Bertz CT molecular complexity index is 961. The van der Waals surface area contributed by atoms with Gasteiger partial charge >= 0.3 is 0 Å². The number of rotatable bonds is 4. The summed E-state index contributed by atoms with van der Waals surface area (Å²) in [6.45, 7) is 4.03. The van der Waals surface area contributed by atoms with Gasteiger partial charge in [0.2, 0.25) is 0 Å². The molecule has 0 radical (unpaired) electrons. The molecule has 2 aliphatic heterocycles. The van der Waals surface area contributed by atoms with Gasteiger partial charge in [-0.3, -0.25) is 5.10 Å². The van der Waals surface area contributed by atoms with E-state index in [4.69, 9.17) is 21.4 Å².